The Morgan fingerprint density at radius 2 is 1.00 bits per heavy atom. The monoisotopic (exact) mass is 861 g/mol. The van der Waals surface area contributed by atoms with Gasteiger partial charge in [-0.25, -0.2) is 0 Å². The van der Waals surface area contributed by atoms with Crippen molar-refractivity contribution in [2.45, 2.75) is 0 Å². The summed E-state index contributed by atoms with van der Waals surface area (Å²) in [5, 5.41) is 13.1. The molecular formula is C60H33B2N3OSi. The second-order valence-electron chi connectivity index (χ2n) is 19.4. The molecule has 0 amide bonds. The first-order valence-electron chi connectivity index (χ1n) is 23.6. The minimum Gasteiger partial charge on any atom is -0.455 e. The van der Waals surface area contributed by atoms with Crippen LogP contribution in [0.15, 0.2) is 205 Å². The van der Waals surface area contributed by atoms with Gasteiger partial charge in [0.05, 0.1) is 16.4 Å². The molecule has 0 bridgehead atoms. The Kier molecular flexibility index (Phi) is 5.81. The van der Waals surface area contributed by atoms with Crippen molar-refractivity contribution < 1.29 is 4.42 Å². The van der Waals surface area contributed by atoms with Crippen LogP contribution >= 0.6 is 0 Å². The molecule has 8 heterocycles. The van der Waals surface area contributed by atoms with E-state index in [4.69, 9.17) is 4.42 Å². The number of anilines is 3. The fourth-order valence-electron chi connectivity index (χ4n) is 14.5. The molecule has 13 aromatic rings. The van der Waals surface area contributed by atoms with Crippen molar-refractivity contribution in [2.75, 3.05) is 4.90 Å². The highest BCUT2D eigenvalue weighted by Gasteiger charge is 2.55. The first-order chi connectivity index (χ1) is 33.3. The molecule has 5 aliphatic heterocycles. The number of hydrogen-bond acceptors (Lipinski definition) is 2. The fourth-order valence-corrected chi connectivity index (χ4v) is 19.6. The van der Waals surface area contributed by atoms with Gasteiger partial charge < -0.3 is 18.5 Å². The first kappa shape index (κ1) is 34.1. The Morgan fingerprint density at radius 1 is 0.388 bits per heavy atom. The number of fused-ring (bicyclic) bond motifs is 16. The largest absolute Gasteiger partial charge is 0.455 e. The highest BCUT2D eigenvalue weighted by atomic mass is 28.3. The van der Waals surface area contributed by atoms with E-state index in [1.807, 2.05) is 0 Å². The van der Waals surface area contributed by atoms with Crippen molar-refractivity contribution in [3.63, 3.8) is 0 Å². The van der Waals surface area contributed by atoms with Crippen molar-refractivity contribution in [1.29, 1.82) is 0 Å². The summed E-state index contributed by atoms with van der Waals surface area (Å²) in [6.45, 7) is 0.00505. The van der Waals surface area contributed by atoms with Crippen LogP contribution in [0.2, 0.25) is 0 Å². The van der Waals surface area contributed by atoms with Crippen LogP contribution in [0.3, 0.4) is 0 Å². The topological polar surface area (TPSA) is 26.2 Å². The number of hydrogen-bond donors (Lipinski definition) is 0. The predicted octanol–water partition coefficient (Wildman–Crippen LogP) is 7.23. The molecule has 67 heavy (non-hydrogen) atoms. The lowest BCUT2D eigenvalue weighted by Crippen LogP contribution is -2.79. The van der Waals surface area contributed by atoms with E-state index < -0.39 is 8.07 Å². The van der Waals surface area contributed by atoms with Gasteiger partial charge in [0.2, 0.25) is 0 Å². The minimum atomic E-state index is -2.92. The minimum absolute atomic E-state index is 0.0387. The van der Waals surface area contributed by atoms with Gasteiger partial charge in [-0.05, 0) is 77.8 Å². The van der Waals surface area contributed by atoms with Gasteiger partial charge >= 0.3 is 0 Å². The number of benzene rings is 10. The molecule has 5 aliphatic rings. The highest BCUT2D eigenvalue weighted by Crippen LogP contribution is 2.48. The first-order valence-corrected chi connectivity index (χ1v) is 25.6. The van der Waals surface area contributed by atoms with E-state index in [9.17, 15) is 0 Å². The third-order valence-electron chi connectivity index (χ3n) is 16.7. The average molecular weight is 862 g/mol. The van der Waals surface area contributed by atoms with E-state index in [0.29, 0.717) is 0 Å². The van der Waals surface area contributed by atoms with Gasteiger partial charge in [-0.15, -0.1) is 0 Å². The maximum absolute atomic E-state index is 7.06. The molecule has 0 saturated heterocycles. The van der Waals surface area contributed by atoms with Gasteiger partial charge in [-0.3, -0.25) is 0 Å². The van der Waals surface area contributed by atoms with Crippen LogP contribution in [-0.4, -0.2) is 30.6 Å². The molecule has 0 radical (unpaired) electrons. The fraction of sp³-hybridized carbons (Fsp3) is 0. The third-order valence-corrected chi connectivity index (χ3v) is 21.5. The lowest BCUT2D eigenvalue weighted by molar-refractivity contribution is 0.673. The van der Waals surface area contributed by atoms with E-state index >= 15 is 0 Å². The van der Waals surface area contributed by atoms with Gasteiger partial charge in [0.15, 0.2) is 8.07 Å². The number of aromatic nitrogens is 2. The van der Waals surface area contributed by atoms with Gasteiger partial charge in [-0.2, -0.15) is 0 Å². The van der Waals surface area contributed by atoms with E-state index in [-0.39, 0.29) is 13.4 Å². The van der Waals surface area contributed by atoms with Gasteiger partial charge in [0.25, 0.3) is 13.4 Å². The van der Waals surface area contributed by atoms with Gasteiger partial charge in [0, 0.05) is 66.4 Å². The van der Waals surface area contributed by atoms with E-state index in [1.54, 1.807) is 0 Å². The molecular weight excluding hydrogens is 828 g/mol. The van der Waals surface area contributed by atoms with E-state index in [2.05, 4.69) is 214 Å². The summed E-state index contributed by atoms with van der Waals surface area (Å²) in [4.78, 5) is 2.72. The summed E-state index contributed by atoms with van der Waals surface area (Å²) in [5.74, 6) is 0. The normalized spacial score (nSPS) is 14.9. The SMILES string of the molecule is c1ccc([Si]2(c3ccccc3)c3ccccc3N3c4cc5c6c7c4B(c4cccc2c43)c2cc3c4ccccc4oc3c3c4cccc(c4n-7c23)B6c2cccc3c4ccccc4n-5c23)cc1. The van der Waals surface area contributed by atoms with Gasteiger partial charge in [-0.1, -0.05) is 176 Å². The summed E-state index contributed by atoms with van der Waals surface area (Å²) in [6.07, 6.45) is 0. The molecule has 4 nitrogen and oxygen atoms in total. The van der Waals surface area contributed by atoms with Crippen molar-refractivity contribution in [2.24, 2.45) is 0 Å². The molecule has 304 valence electrons. The summed E-state index contributed by atoms with van der Waals surface area (Å²) in [6, 6.07) is 76.7. The smallest absolute Gasteiger partial charge is 0.252 e. The summed E-state index contributed by atoms with van der Waals surface area (Å²) in [5.41, 5.74) is 21.9. The Labute approximate surface area is 385 Å². The van der Waals surface area contributed by atoms with Crippen LogP contribution in [0.5, 0.6) is 0 Å². The van der Waals surface area contributed by atoms with Crippen LogP contribution in [-0.2, 0) is 0 Å². The number of nitrogens with zero attached hydrogens (tertiary/aromatic N) is 3. The summed E-state index contributed by atoms with van der Waals surface area (Å²) in [7, 11) is -2.92. The molecule has 0 aliphatic carbocycles. The Bertz CT molecular complexity index is 4450. The number of furan rings is 1. The molecule has 10 aromatic carbocycles. The van der Waals surface area contributed by atoms with Crippen molar-refractivity contribution in [3.8, 4) is 11.4 Å². The number of rotatable bonds is 2. The average Bonchev–Trinajstić information content (AvgIpc) is 4.06. The molecule has 0 unspecified atom stereocenters. The maximum atomic E-state index is 7.06. The molecule has 0 saturated carbocycles. The number of para-hydroxylation sites is 6. The van der Waals surface area contributed by atoms with Crippen LogP contribution in [0.1, 0.15) is 0 Å². The standard InChI is InChI=1S/C60H33B2N3OSi/c1-3-16-34(17-4-1)67(35-18-5-2-6-19-35)50-30-12-10-28-46(50)64-48-33-47-53-59-54(48)62(43-26-15-31-51(67)57(43)64)44-32-40-37-21-8-11-29-49(37)66-60(40)52-39-23-14-25-42(56(39)65(59)58(44)52)61(53)41-24-13-22-38-36-20-7-9-27-45(36)63(47)55(38)41/h1-33H. The highest BCUT2D eigenvalue weighted by molar-refractivity contribution is 7.22. The van der Waals surface area contributed by atoms with Crippen molar-refractivity contribution >= 4 is 158 Å². The maximum Gasteiger partial charge on any atom is 0.252 e. The Hall–Kier alpha value is -8.25. The van der Waals surface area contributed by atoms with Crippen molar-refractivity contribution in [1.82, 2.24) is 9.13 Å². The van der Waals surface area contributed by atoms with Crippen LogP contribution < -0.4 is 58.4 Å². The zero-order chi connectivity index (χ0) is 43.0. The molecule has 0 fully saturated rings. The van der Waals surface area contributed by atoms with E-state index in [0.717, 1.165) is 11.2 Å². The molecule has 0 atom stereocenters. The quantitative estimate of drug-likeness (QED) is 0.172. The zero-order valence-corrected chi connectivity index (χ0v) is 37.0. The second-order valence-corrected chi connectivity index (χ2v) is 23.1. The van der Waals surface area contributed by atoms with Crippen LogP contribution in [0.4, 0.5) is 17.1 Å². The van der Waals surface area contributed by atoms with Crippen molar-refractivity contribution in [3.05, 3.63) is 200 Å². The van der Waals surface area contributed by atoms with Crippen LogP contribution in [0.25, 0.3) is 76.9 Å². The molecule has 7 heteroatoms. The summed E-state index contributed by atoms with van der Waals surface area (Å²) < 4.78 is 12.4. The van der Waals surface area contributed by atoms with Gasteiger partial charge in [0.1, 0.15) is 11.2 Å². The summed E-state index contributed by atoms with van der Waals surface area (Å²) >= 11 is 0. The lowest BCUT2D eigenvalue weighted by Gasteiger charge is -2.50. The predicted molar refractivity (Wildman–Crippen MR) is 284 cm³/mol. The molecule has 3 aromatic heterocycles. The third kappa shape index (κ3) is 3.62. The second kappa shape index (κ2) is 11.4. The van der Waals surface area contributed by atoms with E-state index in [1.165, 1.54) is 136 Å². The molecule has 0 spiro atoms. The molecule has 18 rings (SSSR count). The van der Waals surface area contributed by atoms with Crippen LogP contribution in [0, 0.1) is 0 Å². The Balaban J connectivity index is 1.10. The zero-order valence-electron chi connectivity index (χ0n) is 36.0. The Morgan fingerprint density at radius 3 is 1.82 bits per heavy atom. The lowest BCUT2D eigenvalue weighted by atomic mass is 9.30. The molecule has 0 N–H and O–H groups in total.